The molecule has 5 nitrogen and oxygen atoms in total. The fourth-order valence-corrected chi connectivity index (χ4v) is 5.17. The number of hydrogen-bond donors (Lipinski definition) is 0. The molecular formula is C29H23N3O2S. The van der Waals surface area contributed by atoms with Crippen LogP contribution < -0.4 is 4.90 Å². The van der Waals surface area contributed by atoms with Crippen LogP contribution in [-0.4, -0.2) is 21.7 Å². The predicted octanol–water partition coefficient (Wildman–Crippen LogP) is 6.39. The minimum absolute atomic E-state index is 0.0769. The van der Waals surface area contributed by atoms with Crippen LogP contribution >= 0.6 is 11.3 Å². The van der Waals surface area contributed by atoms with Crippen LogP contribution in [0.3, 0.4) is 0 Å². The molecule has 0 saturated carbocycles. The maximum atomic E-state index is 13.7. The van der Waals surface area contributed by atoms with Crippen molar-refractivity contribution in [2.75, 3.05) is 4.90 Å². The molecule has 0 N–H and O–H groups in total. The Morgan fingerprint density at radius 3 is 2.23 bits per heavy atom. The first-order valence-electron chi connectivity index (χ1n) is 11.3. The zero-order valence-electron chi connectivity index (χ0n) is 19.4. The molecule has 6 heteroatoms. The van der Waals surface area contributed by atoms with E-state index in [1.54, 1.807) is 47.5 Å². The van der Waals surface area contributed by atoms with E-state index in [9.17, 15) is 9.59 Å². The van der Waals surface area contributed by atoms with E-state index >= 15 is 0 Å². The predicted molar refractivity (Wildman–Crippen MR) is 140 cm³/mol. The van der Waals surface area contributed by atoms with Gasteiger partial charge in [-0.25, -0.2) is 4.98 Å². The molecule has 0 atom stereocenters. The molecule has 0 aliphatic heterocycles. The average Bonchev–Trinajstić information content (AvgIpc) is 3.32. The van der Waals surface area contributed by atoms with Gasteiger partial charge in [0.1, 0.15) is 0 Å². The van der Waals surface area contributed by atoms with E-state index in [2.05, 4.69) is 24.0 Å². The monoisotopic (exact) mass is 477 g/mol. The molecule has 1 amide bonds. The van der Waals surface area contributed by atoms with Gasteiger partial charge in [0.25, 0.3) is 5.91 Å². The van der Waals surface area contributed by atoms with Crippen LogP contribution in [0.5, 0.6) is 0 Å². The van der Waals surface area contributed by atoms with Gasteiger partial charge in [-0.05, 0) is 55.3 Å². The molecule has 0 fully saturated rings. The summed E-state index contributed by atoms with van der Waals surface area (Å²) in [5, 5.41) is 0.619. The van der Waals surface area contributed by atoms with E-state index in [0.717, 1.165) is 27.0 Å². The Bertz CT molecular complexity index is 1510. The SMILES string of the molecule is Cc1cc(C)c2nc(N(Cc3ccccn3)C(=O)c3ccc(C(=O)c4ccccc4)cc3)sc2c1. The summed E-state index contributed by atoms with van der Waals surface area (Å²) in [7, 11) is 0. The summed E-state index contributed by atoms with van der Waals surface area (Å²) in [5.74, 6) is -0.269. The Hall–Kier alpha value is -4.16. The highest BCUT2D eigenvalue weighted by molar-refractivity contribution is 7.22. The number of aryl methyl sites for hydroxylation is 2. The number of thiazole rings is 1. The highest BCUT2D eigenvalue weighted by Gasteiger charge is 2.23. The largest absolute Gasteiger partial charge is 0.289 e. The van der Waals surface area contributed by atoms with E-state index in [1.165, 1.54) is 11.3 Å². The molecule has 5 aromatic rings. The molecule has 0 aliphatic carbocycles. The summed E-state index contributed by atoms with van der Waals surface area (Å²) in [6.45, 7) is 4.38. The number of anilines is 1. The first kappa shape index (κ1) is 22.6. The Kier molecular flexibility index (Phi) is 6.21. The number of benzene rings is 3. The van der Waals surface area contributed by atoms with E-state index in [0.29, 0.717) is 28.4 Å². The Morgan fingerprint density at radius 1 is 0.829 bits per heavy atom. The van der Waals surface area contributed by atoms with Crippen LogP contribution in [0.1, 0.15) is 43.1 Å². The molecule has 0 bridgehead atoms. The Morgan fingerprint density at radius 2 is 1.51 bits per heavy atom. The Labute approximate surface area is 207 Å². The van der Waals surface area contributed by atoms with Gasteiger partial charge in [-0.15, -0.1) is 0 Å². The van der Waals surface area contributed by atoms with E-state index in [4.69, 9.17) is 4.98 Å². The van der Waals surface area contributed by atoms with Gasteiger partial charge in [0.2, 0.25) is 0 Å². The highest BCUT2D eigenvalue weighted by Crippen LogP contribution is 2.33. The minimum Gasteiger partial charge on any atom is -0.289 e. The van der Waals surface area contributed by atoms with Gasteiger partial charge in [0, 0.05) is 22.9 Å². The van der Waals surface area contributed by atoms with Gasteiger partial charge in [0.15, 0.2) is 10.9 Å². The minimum atomic E-state index is -0.192. The van der Waals surface area contributed by atoms with Gasteiger partial charge >= 0.3 is 0 Å². The van der Waals surface area contributed by atoms with Gasteiger partial charge in [-0.1, -0.05) is 65.9 Å². The number of aromatic nitrogens is 2. The number of fused-ring (bicyclic) bond motifs is 1. The molecule has 172 valence electrons. The zero-order valence-corrected chi connectivity index (χ0v) is 20.3. The van der Waals surface area contributed by atoms with Crippen LogP contribution in [0.4, 0.5) is 5.13 Å². The molecule has 2 aromatic heterocycles. The van der Waals surface area contributed by atoms with Gasteiger partial charge in [-0.3, -0.25) is 19.5 Å². The molecule has 0 aliphatic rings. The zero-order chi connectivity index (χ0) is 24.4. The van der Waals surface area contributed by atoms with Crippen LogP contribution in [0.15, 0.2) is 91.1 Å². The highest BCUT2D eigenvalue weighted by atomic mass is 32.1. The first-order chi connectivity index (χ1) is 17.0. The second-order valence-electron chi connectivity index (χ2n) is 8.41. The molecule has 2 heterocycles. The topological polar surface area (TPSA) is 63.2 Å². The molecule has 0 unspecified atom stereocenters. The number of hydrogen-bond acceptors (Lipinski definition) is 5. The molecule has 0 radical (unpaired) electrons. The molecule has 0 spiro atoms. The smallest absolute Gasteiger partial charge is 0.260 e. The first-order valence-corrected chi connectivity index (χ1v) is 12.1. The van der Waals surface area contributed by atoms with Crippen molar-refractivity contribution in [3.05, 3.63) is 125 Å². The van der Waals surface area contributed by atoms with Crippen LogP contribution in [-0.2, 0) is 6.54 Å². The lowest BCUT2D eigenvalue weighted by Gasteiger charge is -2.19. The van der Waals surface area contributed by atoms with Crippen molar-refractivity contribution in [3.63, 3.8) is 0 Å². The molecule has 35 heavy (non-hydrogen) atoms. The maximum Gasteiger partial charge on any atom is 0.260 e. The lowest BCUT2D eigenvalue weighted by Crippen LogP contribution is -2.30. The number of nitrogens with zero attached hydrogens (tertiary/aromatic N) is 3. The normalized spacial score (nSPS) is 10.9. The second kappa shape index (κ2) is 9.60. The summed E-state index contributed by atoms with van der Waals surface area (Å²) in [6.07, 6.45) is 1.72. The maximum absolute atomic E-state index is 13.7. The number of rotatable bonds is 6. The third kappa shape index (κ3) is 4.74. The summed E-state index contributed by atoms with van der Waals surface area (Å²) in [5.41, 5.74) is 5.54. The van der Waals surface area contributed by atoms with E-state index in [-0.39, 0.29) is 11.7 Å². The van der Waals surface area contributed by atoms with Crippen molar-refractivity contribution in [3.8, 4) is 0 Å². The molecule has 3 aromatic carbocycles. The van der Waals surface area contributed by atoms with Gasteiger partial charge < -0.3 is 0 Å². The molecular weight excluding hydrogens is 454 g/mol. The average molecular weight is 478 g/mol. The number of pyridine rings is 1. The standard InChI is InChI=1S/C29H23N3O2S/c1-19-16-20(2)26-25(17-19)35-29(31-26)32(18-24-10-6-7-15-30-24)28(34)23-13-11-22(12-14-23)27(33)21-8-4-3-5-9-21/h3-17H,18H2,1-2H3. The quantitative estimate of drug-likeness (QED) is 0.266. The van der Waals surface area contributed by atoms with E-state index < -0.39 is 0 Å². The van der Waals surface area contributed by atoms with Crippen LogP contribution in [0.2, 0.25) is 0 Å². The summed E-state index contributed by atoms with van der Waals surface area (Å²) in [4.78, 5) is 37.4. The lowest BCUT2D eigenvalue weighted by atomic mass is 10.0. The molecule has 5 rings (SSSR count). The van der Waals surface area contributed by atoms with Gasteiger partial charge in [-0.2, -0.15) is 0 Å². The third-order valence-electron chi connectivity index (χ3n) is 5.77. The van der Waals surface area contributed by atoms with Crippen molar-refractivity contribution in [2.24, 2.45) is 0 Å². The summed E-state index contributed by atoms with van der Waals surface area (Å²) < 4.78 is 1.04. The van der Waals surface area contributed by atoms with Crippen molar-refractivity contribution in [2.45, 2.75) is 20.4 Å². The van der Waals surface area contributed by atoms with E-state index in [1.807, 2.05) is 43.3 Å². The van der Waals surface area contributed by atoms with Crippen LogP contribution in [0, 0.1) is 13.8 Å². The fraction of sp³-hybridized carbons (Fsp3) is 0.103. The van der Waals surface area contributed by atoms with Crippen molar-refractivity contribution >= 4 is 38.4 Å². The number of ketones is 1. The molecule has 0 saturated heterocycles. The lowest BCUT2D eigenvalue weighted by molar-refractivity contribution is 0.0982. The van der Waals surface area contributed by atoms with Crippen molar-refractivity contribution in [1.82, 2.24) is 9.97 Å². The van der Waals surface area contributed by atoms with Gasteiger partial charge in [0.05, 0.1) is 22.5 Å². The number of amides is 1. The van der Waals surface area contributed by atoms with Crippen molar-refractivity contribution in [1.29, 1.82) is 0 Å². The summed E-state index contributed by atoms with van der Waals surface area (Å²) in [6, 6.07) is 25.8. The summed E-state index contributed by atoms with van der Waals surface area (Å²) >= 11 is 1.49. The van der Waals surface area contributed by atoms with Crippen LogP contribution in [0.25, 0.3) is 10.2 Å². The Balaban J connectivity index is 1.50. The number of carbonyl (C=O) groups excluding carboxylic acids is 2. The third-order valence-corrected chi connectivity index (χ3v) is 6.80. The number of carbonyl (C=O) groups is 2. The van der Waals surface area contributed by atoms with Crippen molar-refractivity contribution < 1.29 is 9.59 Å². The fourth-order valence-electron chi connectivity index (χ4n) is 4.03. The second-order valence-corrected chi connectivity index (χ2v) is 9.42.